The van der Waals surface area contributed by atoms with E-state index >= 15 is 0 Å². The first kappa shape index (κ1) is 14.2. The molecule has 10 heteroatoms. The number of fused-ring (bicyclic) bond motifs is 1. The lowest BCUT2D eigenvalue weighted by Gasteiger charge is -2.15. The Bertz CT molecular complexity index is 739. The third kappa shape index (κ3) is 2.96. The van der Waals surface area contributed by atoms with Gasteiger partial charge in [-0.05, 0) is 0 Å². The predicted octanol–water partition coefficient (Wildman–Crippen LogP) is 0.430. The molecule has 2 heterocycles. The second-order valence-electron chi connectivity index (χ2n) is 4.77. The number of rotatable bonds is 4. The van der Waals surface area contributed by atoms with Crippen molar-refractivity contribution >= 4 is 24.6 Å². The first-order valence-electron chi connectivity index (χ1n) is 6.21. The number of nitrogen functional groups attached to an aromatic ring is 1. The number of hydrogen-bond donors (Lipinski definition) is 3. The summed E-state index contributed by atoms with van der Waals surface area (Å²) in [5, 5.41) is 0. The lowest BCUT2D eigenvalue weighted by Crippen LogP contribution is -2.12. The number of allylic oxidation sites excluding steroid dienone is 1. The van der Waals surface area contributed by atoms with E-state index in [-0.39, 0.29) is 12.1 Å². The Morgan fingerprint density at radius 1 is 1.38 bits per heavy atom. The molecular formula is C11H14N5O4P. The maximum Gasteiger partial charge on any atom is 0.351 e. The minimum absolute atomic E-state index is 0.0499. The van der Waals surface area contributed by atoms with E-state index < -0.39 is 13.9 Å². The fourth-order valence-corrected chi connectivity index (χ4v) is 2.67. The van der Waals surface area contributed by atoms with Gasteiger partial charge in [-0.3, -0.25) is 4.57 Å². The Labute approximate surface area is 119 Å². The van der Waals surface area contributed by atoms with Crippen LogP contribution in [0.1, 0.15) is 12.5 Å². The van der Waals surface area contributed by atoms with Crippen LogP contribution in [0.25, 0.3) is 11.2 Å². The first-order valence-corrected chi connectivity index (χ1v) is 8.01. The molecule has 0 amide bonds. The summed E-state index contributed by atoms with van der Waals surface area (Å²) in [4.78, 5) is 29.9. The van der Waals surface area contributed by atoms with E-state index in [1.54, 1.807) is 12.4 Å². The summed E-state index contributed by atoms with van der Waals surface area (Å²) in [6, 6.07) is -0.0499. The van der Waals surface area contributed by atoms with Crippen molar-refractivity contribution in [1.82, 2.24) is 19.5 Å². The Balaban J connectivity index is 1.75. The average molecular weight is 311 g/mol. The molecule has 2 aromatic rings. The molecule has 3 rings (SSSR count). The molecule has 112 valence electrons. The van der Waals surface area contributed by atoms with Gasteiger partial charge in [0.25, 0.3) is 0 Å². The molecule has 4 N–H and O–H groups in total. The van der Waals surface area contributed by atoms with E-state index in [0.717, 1.165) is 0 Å². The van der Waals surface area contributed by atoms with Crippen LogP contribution in [0.3, 0.4) is 0 Å². The molecule has 0 saturated heterocycles. The fraction of sp³-hybridized carbons (Fsp3) is 0.364. The van der Waals surface area contributed by atoms with Crippen LogP contribution in [0.4, 0.5) is 5.82 Å². The van der Waals surface area contributed by atoms with Crippen LogP contribution >= 0.6 is 7.60 Å². The van der Waals surface area contributed by atoms with Crippen molar-refractivity contribution in [3.05, 3.63) is 24.8 Å². The van der Waals surface area contributed by atoms with Crippen LogP contribution < -0.4 is 5.73 Å². The largest absolute Gasteiger partial charge is 0.382 e. The Morgan fingerprint density at radius 3 is 2.95 bits per heavy atom. The monoisotopic (exact) mass is 311 g/mol. The average Bonchev–Trinajstić information content (AvgIpc) is 3.02. The molecule has 0 saturated carbocycles. The van der Waals surface area contributed by atoms with Gasteiger partial charge >= 0.3 is 7.60 Å². The van der Waals surface area contributed by atoms with E-state index in [4.69, 9.17) is 20.3 Å². The van der Waals surface area contributed by atoms with Gasteiger partial charge in [0.15, 0.2) is 11.5 Å². The quantitative estimate of drug-likeness (QED) is 0.546. The second kappa shape index (κ2) is 5.19. The third-order valence-corrected chi connectivity index (χ3v) is 3.71. The van der Waals surface area contributed by atoms with Crippen molar-refractivity contribution < 1.29 is 19.1 Å². The number of ether oxygens (including phenoxy) is 1. The van der Waals surface area contributed by atoms with Crippen molar-refractivity contribution in [1.29, 1.82) is 0 Å². The summed E-state index contributed by atoms with van der Waals surface area (Å²) in [6.45, 7) is 0. The minimum atomic E-state index is -4.16. The van der Waals surface area contributed by atoms with Crippen LogP contribution in [0, 0.1) is 0 Å². The number of nitrogens with zero attached hydrogens (tertiary/aromatic N) is 4. The van der Waals surface area contributed by atoms with Crippen molar-refractivity contribution in [3.8, 4) is 0 Å². The molecule has 0 spiro atoms. The Hall–Kier alpha value is -1.80. The maximum atomic E-state index is 10.8. The summed E-state index contributed by atoms with van der Waals surface area (Å²) in [6.07, 6.45) is 6.27. The van der Waals surface area contributed by atoms with Crippen molar-refractivity contribution in [2.24, 2.45) is 0 Å². The van der Waals surface area contributed by atoms with Gasteiger partial charge in [0, 0.05) is 6.42 Å². The smallest absolute Gasteiger partial charge is 0.351 e. The zero-order chi connectivity index (χ0) is 15.0. The number of imidazole rings is 1. The molecule has 2 aromatic heterocycles. The fourth-order valence-electron chi connectivity index (χ4n) is 2.28. The van der Waals surface area contributed by atoms with Gasteiger partial charge in [0.1, 0.15) is 18.2 Å². The molecule has 2 atom stereocenters. The molecule has 1 aliphatic rings. The van der Waals surface area contributed by atoms with Crippen LogP contribution in [-0.4, -0.2) is 41.8 Å². The molecule has 0 aliphatic heterocycles. The summed E-state index contributed by atoms with van der Waals surface area (Å²) < 4.78 is 17.8. The highest BCUT2D eigenvalue weighted by atomic mass is 31.2. The highest BCUT2D eigenvalue weighted by Crippen LogP contribution is 2.36. The number of anilines is 1. The Kier molecular flexibility index (Phi) is 3.50. The van der Waals surface area contributed by atoms with Gasteiger partial charge < -0.3 is 24.8 Å². The summed E-state index contributed by atoms with van der Waals surface area (Å²) in [5.41, 5.74) is 6.89. The van der Waals surface area contributed by atoms with Gasteiger partial charge in [-0.15, -0.1) is 0 Å². The molecule has 0 fully saturated rings. The van der Waals surface area contributed by atoms with Crippen molar-refractivity contribution in [2.45, 2.75) is 18.6 Å². The molecule has 0 bridgehead atoms. The van der Waals surface area contributed by atoms with E-state index in [9.17, 15) is 4.57 Å². The van der Waals surface area contributed by atoms with Gasteiger partial charge in [-0.2, -0.15) is 0 Å². The summed E-state index contributed by atoms with van der Waals surface area (Å²) in [5.74, 6) is 0.315. The standard InChI is InChI=1S/C11H14N5O4P/c12-10-9-11(14-4-13-10)16(5-15-9)7-1-2-8(3-7)20-6-21(17,18)19/h1-2,4-5,7-8H,3,6H2,(H2,12,13,14)(H2,17,18,19). The molecule has 9 nitrogen and oxygen atoms in total. The minimum Gasteiger partial charge on any atom is -0.382 e. The lowest BCUT2D eigenvalue weighted by molar-refractivity contribution is 0.102. The predicted molar refractivity (Wildman–Crippen MR) is 74.3 cm³/mol. The highest BCUT2D eigenvalue weighted by molar-refractivity contribution is 7.51. The molecule has 0 radical (unpaired) electrons. The van der Waals surface area contributed by atoms with E-state index in [0.29, 0.717) is 23.4 Å². The van der Waals surface area contributed by atoms with Gasteiger partial charge in [0.2, 0.25) is 0 Å². The van der Waals surface area contributed by atoms with E-state index in [1.165, 1.54) is 6.33 Å². The number of aromatic nitrogens is 4. The Morgan fingerprint density at radius 2 is 2.19 bits per heavy atom. The summed E-state index contributed by atoms with van der Waals surface area (Å²) >= 11 is 0. The topological polar surface area (TPSA) is 136 Å². The van der Waals surface area contributed by atoms with Crippen molar-refractivity contribution in [2.75, 3.05) is 12.1 Å². The van der Waals surface area contributed by atoms with E-state index in [2.05, 4.69) is 15.0 Å². The molecule has 2 unspecified atom stereocenters. The number of nitrogens with two attached hydrogens (primary N) is 1. The normalized spacial score (nSPS) is 22.2. The van der Waals surface area contributed by atoms with Crippen LogP contribution in [0.2, 0.25) is 0 Å². The molecular weight excluding hydrogens is 297 g/mol. The first-order chi connectivity index (χ1) is 9.94. The van der Waals surface area contributed by atoms with E-state index in [1.807, 2.05) is 10.6 Å². The highest BCUT2D eigenvalue weighted by Gasteiger charge is 2.25. The summed E-state index contributed by atoms with van der Waals surface area (Å²) in [7, 11) is -4.16. The van der Waals surface area contributed by atoms with Crippen LogP contribution in [0.5, 0.6) is 0 Å². The van der Waals surface area contributed by atoms with Gasteiger partial charge in [-0.25, -0.2) is 15.0 Å². The molecule has 1 aliphatic carbocycles. The zero-order valence-corrected chi connectivity index (χ0v) is 11.8. The van der Waals surface area contributed by atoms with Gasteiger partial charge in [0.05, 0.1) is 18.5 Å². The molecule has 21 heavy (non-hydrogen) atoms. The van der Waals surface area contributed by atoms with Crippen LogP contribution in [0.15, 0.2) is 24.8 Å². The van der Waals surface area contributed by atoms with Gasteiger partial charge in [-0.1, -0.05) is 12.2 Å². The zero-order valence-electron chi connectivity index (χ0n) is 10.9. The molecule has 0 aromatic carbocycles. The third-order valence-electron chi connectivity index (χ3n) is 3.22. The maximum absolute atomic E-state index is 10.8. The SMILES string of the molecule is Nc1ncnc2c1ncn2C1C=CC(OCP(=O)(O)O)C1. The second-order valence-corrected chi connectivity index (χ2v) is 6.36. The van der Waals surface area contributed by atoms with Crippen LogP contribution in [-0.2, 0) is 9.30 Å². The lowest BCUT2D eigenvalue weighted by atomic mass is 10.2. The number of hydrogen-bond acceptors (Lipinski definition) is 6. The van der Waals surface area contributed by atoms with Crippen molar-refractivity contribution in [3.63, 3.8) is 0 Å².